The summed E-state index contributed by atoms with van der Waals surface area (Å²) in [6.45, 7) is 8.82. The Hall–Kier alpha value is -2.87. The van der Waals surface area contributed by atoms with Crippen LogP contribution in [-0.2, 0) is 16.0 Å². The molecule has 2 saturated carbocycles. The summed E-state index contributed by atoms with van der Waals surface area (Å²) in [7, 11) is 0. The smallest absolute Gasteiger partial charge is 0.462 e. The van der Waals surface area contributed by atoms with Crippen molar-refractivity contribution in [1.29, 1.82) is 0 Å². The zero-order chi connectivity index (χ0) is 28.2. The van der Waals surface area contributed by atoms with Crippen molar-refractivity contribution in [3.8, 4) is 0 Å². The summed E-state index contributed by atoms with van der Waals surface area (Å²) < 4.78 is 45.3. The molecular formula is C31H39F3N2O3. The first-order chi connectivity index (χ1) is 18.7. The molecule has 1 saturated heterocycles. The number of nitrogens with zero attached hydrogens (tertiary/aromatic N) is 2. The third-order valence-corrected chi connectivity index (χ3v) is 8.07. The minimum atomic E-state index is -4.84. The third-order valence-electron chi connectivity index (χ3n) is 8.07. The molecule has 2 unspecified atom stereocenters. The first kappa shape index (κ1) is 29.1. The number of hydrogen-bond donors (Lipinski definition) is 0. The number of aryl methyl sites for hydroxylation is 1. The monoisotopic (exact) mass is 544 g/mol. The van der Waals surface area contributed by atoms with E-state index in [1.165, 1.54) is 4.90 Å². The van der Waals surface area contributed by atoms with E-state index in [1.807, 2.05) is 56.3 Å². The van der Waals surface area contributed by atoms with Gasteiger partial charge in [-0.05, 0) is 74.2 Å². The second-order valence-corrected chi connectivity index (χ2v) is 10.8. The van der Waals surface area contributed by atoms with Crippen LogP contribution in [-0.4, -0.2) is 66.2 Å². The van der Waals surface area contributed by atoms with E-state index >= 15 is 0 Å². The molecule has 5 nitrogen and oxygen atoms in total. The van der Waals surface area contributed by atoms with Gasteiger partial charge in [0.15, 0.2) is 0 Å². The summed E-state index contributed by atoms with van der Waals surface area (Å²) in [5.74, 6) is -2.00. The Morgan fingerprint density at radius 1 is 1.03 bits per heavy atom. The number of carbonyl (C=O) groups is 2. The summed E-state index contributed by atoms with van der Waals surface area (Å²) >= 11 is 0. The maximum Gasteiger partial charge on any atom is 0.471 e. The van der Waals surface area contributed by atoms with Gasteiger partial charge in [0.2, 0.25) is 0 Å². The topological polar surface area (TPSA) is 49.9 Å². The van der Waals surface area contributed by atoms with Crippen LogP contribution >= 0.6 is 0 Å². The fourth-order valence-corrected chi connectivity index (χ4v) is 6.27. The maximum atomic E-state index is 13.4. The summed E-state index contributed by atoms with van der Waals surface area (Å²) in [6, 6.07) is 16.3. The van der Waals surface area contributed by atoms with Crippen LogP contribution in [0, 0.1) is 5.41 Å². The standard InChI is InChI=1S/C29H33F3N2O3.C2H6/c1-2-37-26(35)22-12-10-20(11-13-22)7-6-14-33-18-28(19-33)16-23(17-28)34(27(36)29(30,31)32)25-15-24(25)21-8-4-3-5-9-21;1-2/h3-5,8-13,23-25H,2,6-7,14-19H2,1H3;1-2H3. The molecule has 1 heterocycles. The molecule has 0 bridgehead atoms. The molecule has 0 aromatic heterocycles. The van der Waals surface area contributed by atoms with Crippen molar-refractivity contribution < 1.29 is 27.5 Å². The van der Waals surface area contributed by atoms with E-state index in [0.717, 1.165) is 43.6 Å². The molecule has 0 N–H and O–H groups in total. The SMILES string of the molecule is CC.CCOC(=O)c1ccc(CCCN2CC3(CC(N(C(=O)C(F)(F)F)C4CC4c4ccccc4)C3)C2)cc1. The van der Waals surface area contributed by atoms with Crippen LogP contribution in [0.3, 0.4) is 0 Å². The third kappa shape index (κ3) is 6.65. The van der Waals surface area contributed by atoms with Gasteiger partial charge < -0.3 is 14.5 Å². The number of carbonyl (C=O) groups excluding carboxylic acids is 2. The van der Waals surface area contributed by atoms with Crippen molar-refractivity contribution >= 4 is 11.9 Å². The van der Waals surface area contributed by atoms with E-state index in [2.05, 4.69) is 4.90 Å². The average Bonchev–Trinajstić information content (AvgIpc) is 3.68. The highest BCUT2D eigenvalue weighted by Gasteiger charge is 2.60. The lowest BCUT2D eigenvalue weighted by Gasteiger charge is -2.61. The molecule has 212 valence electrons. The van der Waals surface area contributed by atoms with Gasteiger partial charge in [0, 0.05) is 31.1 Å². The summed E-state index contributed by atoms with van der Waals surface area (Å²) in [5.41, 5.74) is 2.76. The number of benzene rings is 2. The summed E-state index contributed by atoms with van der Waals surface area (Å²) in [4.78, 5) is 27.7. The second-order valence-electron chi connectivity index (χ2n) is 10.8. The number of esters is 1. The Bertz CT molecular complexity index is 1110. The lowest BCUT2D eigenvalue weighted by Crippen LogP contribution is -2.68. The molecular weight excluding hydrogens is 505 g/mol. The van der Waals surface area contributed by atoms with Gasteiger partial charge in [-0.2, -0.15) is 13.2 Å². The van der Waals surface area contributed by atoms with Gasteiger partial charge >= 0.3 is 18.1 Å². The zero-order valence-electron chi connectivity index (χ0n) is 23.0. The van der Waals surface area contributed by atoms with E-state index in [0.29, 0.717) is 31.4 Å². The highest BCUT2D eigenvalue weighted by molar-refractivity contribution is 5.89. The van der Waals surface area contributed by atoms with Gasteiger partial charge in [-0.15, -0.1) is 0 Å². The Labute approximate surface area is 229 Å². The predicted octanol–water partition coefficient (Wildman–Crippen LogP) is 6.23. The van der Waals surface area contributed by atoms with Crippen LogP contribution in [0.5, 0.6) is 0 Å². The van der Waals surface area contributed by atoms with Gasteiger partial charge in [-0.3, -0.25) is 4.79 Å². The largest absolute Gasteiger partial charge is 0.471 e. The van der Waals surface area contributed by atoms with Crippen LogP contribution in [0.1, 0.15) is 73.9 Å². The van der Waals surface area contributed by atoms with Crippen LogP contribution in [0.25, 0.3) is 0 Å². The zero-order valence-corrected chi connectivity index (χ0v) is 23.0. The van der Waals surface area contributed by atoms with Crippen molar-refractivity contribution in [1.82, 2.24) is 9.80 Å². The normalized spacial score (nSPS) is 21.7. The van der Waals surface area contributed by atoms with Gasteiger partial charge in [-0.25, -0.2) is 4.79 Å². The number of ether oxygens (including phenoxy) is 1. The highest BCUT2D eigenvalue weighted by atomic mass is 19.4. The molecule has 8 heteroatoms. The van der Waals surface area contributed by atoms with E-state index < -0.39 is 12.1 Å². The number of halogens is 3. The fourth-order valence-electron chi connectivity index (χ4n) is 6.27. The number of hydrogen-bond acceptors (Lipinski definition) is 4. The minimum absolute atomic E-state index is 0.00621. The van der Waals surface area contributed by atoms with Gasteiger partial charge in [0.25, 0.3) is 0 Å². The molecule has 39 heavy (non-hydrogen) atoms. The molecule has 2 aromatic rings. The van der Waals surface area contributed by atoms with E-state index in [4.69, 9.17) is 4.74 Å². The second kappa shape index (κ2) is 12.1. The quantitative estimate of drug-likeness (QED) is 0.351. The minimum Gasteiger partial charge on any atom is -0.462 e. The van der Waals surface area contributed by atoms with Crippen LogP contribution in [0.4, 0.5) is 13.2 Å². The van der Waals surface area contributed by atoms with Crippen molar-refractivity contribution in [2.75, 3.05) is 26.2 Å². The lowest BCUT2D eigenvalue weighted by molar-refractivity contribution is -0.197. The van der Waals surface area contributed by atoms with Crippen LogP contribution < -0.4 is 0 Å². The maximum absolute atomic E-state index is 13.4. The number of amides is 1. The highest BCUT2D eigenvalue weighted by Crippen LogP contribution is 2.55. The fraction of sp³-hybridized carbons (Fsp3) is 0.548. The first-order valence-electron chi connectivity index (χ1n) is 14.1. The number of rotatable bonds is 9. The van der Waals surface area contributed by atoms with Crippen molar-refractivity contribution in [3.05, 3.63) is 71.3 Å². The van der Waals surface area contributed by atoms with Gasteiger partial charge in [-0.1, -0.05) is 56.3 Å². The molecule has 2 atom stereocenters. The van der Waals surface area contributed by atoms with Crippen LogP contribution in [0.15, 0.2) is 54.6 Å². The molecule has 3 aliphatic rings. The van der Waals surface area contributed by atoms with Crippen molar-refractivity contribution in [2.45, 2.75) is 77.1 Å². The molecule has 1 spiro atoms. The van der Waals surface area contributed by atoms with Gasteiger partial charge in [0.1, 0.15) is 0 Å². The molecule has 1 amide bonds. The van der Waals surface area contributed by atoms with Gasteiger partial charge in [0.05, 0.1) is 12.2 Å². The Kier molecular flexibility index (Phi) is 9.04. The number of alkyl halides is 3. The average molecular weight is 545 g/mol. The van der Waals surface area contributed by atoms with Crippen molar-refractivity contribution in [2.24, 2.45) is 5.41 Å². The number of likely N-dealkylation sites (tertiary alicyclic amines) is 1. The van der Waals surface area contributed by atoms with Crippen molar-refractivity contribution in [3.63, 3.8) is 0 Å². The Morgan fingerprint density at radius 3 is 2.26 bits per heavy atom. The summed E-state index contributed by atoms with van der Waals surface area (Å²) in [6.07, 6.45) is -1.07. The summed E-state index contributed by atoms with van der Waals surface area (Å²) in [5, 5.41) is 0. The first-order valence-corrected chi connectivity index (χ1v) is 14.1. The van der Waals surface area contributed by atoms with Crippen LogP contribution in [0.2, 0.25) is 0 Å². The van der Waals surface area contributed by atoms with E-state index in [-0.39, 0.29) is 29.4 Å². The lowest BCUT2D eigenvalue weighted by atomic mass is 9.60. The molecule has 5 rings (SSSR count). The predicted molar refractivity (Wildman–Crippen MR) is 144 cm³/mol. The molecule has 0 radical (unpaired) electrons. The van der Waals surface area contributed by atoms with E-state index in [9.17, 15) is 22.8 Å². The Morgan fingerprint density at radius 2 is 1.67 bits per heavy atom. The molecule has 2 aromatic carbocycles. The molecule has 1 aliphatic heterocycles. The Balaban J connectivity index is 0.00000172. The van der Waals surface area contributed by atoms with E-state index in [1.54, 1.807) is 19.1 Å². The molecule has 2 aliphatic carbocycles. The molecule has 3 fully saturated rings.